The SMILES string of the molecule is CCOC(=O)CCc1cccc(C(C)(CCCS(=O)(=O)C(C)(C)c2cnn(COCC[Si](C)(C)C)c2)c2nc(-c3cc(Oc4c(F)cc5c(ccn5S(=O)(=O)c5ccc(C)cc5)c4CO)ccc3F)n(C)n2)c1. The Bertz CT molecular complexity index is 3350. The number of hydrogen-bond acceptors (Lipinski definition) is 12. The van der Waals surface area contributed by atoms with Gasteiger partial charge >= 0.3 is 5.97 Å². The van der Waals surface area contributed by atoms with E-state index < -0.39 is 56.3 Å². The summed E-state index contributed by atoms with van der Waals surface area (Å²) < 4.78 is 108. The van der Waals surface area contributed by atoms with Crippen LogP contribution in [0.3, 0.4) is 0 Å². The number of aliphatic hydroxyl groups is 1. The normalized spacial score (nSPS) is 13.4. The van der Waals surface area contributed by atoms with Crippen LogP contribution in [0.2, 0.25) is 25.7 Å². The molecule has 1 N–H and O–H groups in total. The van der Waals surface area contributed by atoms with Crippen LogP contribution in [0.1, 0.15) is 80.6 Å². The molecular formula is C53H64F2N6O9S2Si. The van der Waals surface area contributed by atoms with E-state index in [2.05, 4.69) is 24.7 Å². The number of benzene rings is 4. The van der Waals surface area contributed by atoms with Crippen LogP contribution in [0.5, 0.6) is 11.5 Å². The van der Waals surface area contributed by atoms with Gasteiger partial charge in [-0.2, -0.15) is 10.2 Å². The minimum Gasteiger partial charge on any atom is -0.466 e. The van der Waals surface area contributed by atoms with Gasteiger partial charge < -0.3 is 19.3 Å². The first kappa shape index (κ1) is 54.7. The molecule has 7 rings (SSSR count). The molecule has 1 unspecified atom stereocenters. The van der Waals surface area contributed by atoms with Crippen molar-refractivity contribution >= 4 is 44.8 Å². The van der Waals surface area contributed by atoms with Crippen LogP contribution < -0.4 is 4.74 Å². The highest BCUT2D eigenvalue weighted by atomic mass is 32.2. The van der Waals surface area contributed by atoms with Crippen molar-refractivity contribution in [3.8, 4) is 22.9 Å². The van der Waals surface area contributed by atoms with Crippen molar-refractivity contribution in [2.75, 3.05) is 19.0 Å². The molecule has 0 spiro atoms. The molecule has 3 aromatic heterocycles. The van der Waals surface area contributed by atoms with E-state index in [1.165, 1.54) is 41.2 Å². The predicted molar refractivity (Wildman–Crippen MR) is 278 cm³/mol. The first-order chi connectivity index (χ1) is 34.4. The highest BCUT2D eigenvalue weighted by molar-refractivity contribution is 7.92. The molecule has 1 atom stereocenters. The predicted octanol–water partition coefficient (Wildman–Crippen LogP) is 9.99. The van der Waals surface area contributed by atoms with Crippen LogP contribution >= 0.6 is 0 Å². The number of aromatic nitrogens is 6. The minimum absolute atomic E-state index is 0.00496. The Labute approximate surface area is 427 Å². The molecule has 4 aromatic carbocycles. The highest BCUT2D eigenvalue weighted by Gasteiger charge is 2.40. The fourth-order valence-electron chi connectivity index (χ4n) is 8.55. The van der Waals surface area contributed by atoms with E-state index in [-0.39, 0.29) is 94.4 Å². The van der Waals surface area contributed by atoms with Crippen molar-refractivity contribution in [3.63, 3.8) is 0 Å². The number of esters is 1. The number of carbonyl (C=O) groups excluding carboxylic acids is 1. The number of fused-ring (bicyclic) bond motifs is 1. The molecule has 390 valence electrons. The Hall–Kier alpha value is -6.06. The summed E-state index contributed by atoms with van der Waals surface area (Å²) in [5.74, 6) is -2.29. The largest absolute Gasteiger partial charge is 0.466 e. The monoisotopic (exact) mass is 1060 g/mol. The Balaban J connectivity index is 1.18. The molecule has 0 saturated carbocycles. The van der Waals surface area contributed by atoms with Crippen LogP contribution in [0.15, 0.2) is 102 Å². The molecule has 3 heterocycles. The van der Waals surface area contributed by atoms with E-state index in [1.54, 1.807) is 57.0 Å². The summed E-state index contributed by atoms with van der Waals surface area (Å²) in [5, 5.41) is 20.0. The van der Waals surface area contributed by atoms with Crippen LogP contribution in [0, 0.1) is 18.6 Å². The third-order valence-corrected chi connectivity index (χ3v) is 19.3. The quantitative estimate of drug-likeness (QED) is 0.0364. The van der Waals surface area contributed by atoms with E-state index in [9.17, 15) is 26.7 Å². The van der Waals surface area contributed by atoms with Crippen molar-refractivity contribution in [1.82, 2.24) is 28.5 Å². The number of aliphatic hydroxyl groups excluding tert-OH is 1. The maximum absolute atomic E-state index is 16.2. The second-order valence-electron chi connectivity index (χ2n) is 20.2. The van der Waals surface area contributed by atoms with E-state index in [0.29, 0.717) is 18.6 Å². The zero-order valence-electron chi connectivity index (χ0n) is 42.8. The van der Waals surface area contributed by atoms with Crippen LogP contribution in [-0.4, -0.2) is 83.5 Å². The van der Waals surface area contributed by atoms with Crippen molar-refractivity contribution in [2.45, 2.75) is 114 Å². The Morgan fingerprint density at radius 1 is 0.918 bits per heavy atom. The number of aryl methyl sites for hydroxylation is 3. The summed E-state index contributed by atoms with van der Waals surface area (Å²) in [4.78, 5) is 17.3. The number of ether oxygens (including phenoxy) is 3. The lowest BCUT2D eigenvalue weighted by molar-refractivity contribution is -0.143. The average molecular weight is 1060 g/mol. The van der Waals surface area contributed by atoms with Gasteiger partial charge in [0.05, 0.1) is 51.3 Å². The molecule has 0 saturated heterocycles. The number of halogens is 2. The lowest BCUT2D eigenvalue weighted by Gasteiger charge is -2.29. The standard InChI is InChI=1S/C53H64F2N6O9S2Si/c1-10-69-48(63)22-17-37-13-11-14-38(29-37)53(5,24-12-27-71(64,65)52(3,4)39-32-56-60(33-39)35-68-26-28-73(7,8)9)51-57-50(59(6)58-51)43-30-40(18-21-45(43)54)70-49-44(34-62)42-23-25-61(47(42)31-46(49)55)72(66,67)41-19-15-36(2)16-20-41/h11,13-16,18-21,23,25,29-33,62H,10,12,17,22,24,26-28,34-35H2,1-9H3. The highest BCUT2D eigenvalue weighted by Crippen LogP contribution is 2.41. The first-order valence-electron chi connectivity index (χ1n) is 24.1. The van der Waals surface area contributed by atoms with Gasteiger partial charge in [0.25, 0.3) is 10.0 Å². The maximum Gasteiger partial charge on any atom is 0.306 e. The number of sulfone groups is 1. The number of hydrogen-bond donors (Lipinski definition) is 1. The van der Waals surface area contributed by atoms with Crippen LogP contribution in [0.25, 0.3) is 22.3 Å². The Morgan fingerprint density at radius 2 is 1.66 bits per heavy atom. The second kappa shape index (κ2) is 21.8. The summed E-state index contributed by atoms with van der Waals surface area (Å²) in [6, 6.07) is 21.0. The Kier molecular flexibility index (Phi) is 16.3. The lowest BCUT2D eigenvalue weighted by atomic mass is 9.77. The fraction of sp³-hybridized carbons (Fsp3) is 0.396. The van der Waals surface area contributed by atoms with Gasteiger partial charge in [-0.1, -0.05) is 61.6 Å². The molecular weight excluding hydrogens is 995 g/mol. The van der Waals surface area contributed by atoms with Gasteiger partial charge in [0, 0.05) is 63.1 Å². The summed E-state index contributed by atoms with van der Waals surface area (Å²) in [5.41, 5.74) is 1.79. The van der Waals surface area contributed by atoms with Gasteiger partial charge in [0.2, 0.25) is 0 Å². The first-order valence-corrected chi connectivity index (χ1v) is 30.9. The summed E-state index contributed by atoms with van der Waals surface area (Å²) in [7, 11) is -7.66. The maximum atomic E-state index is 16.2. The molecule has 20 heteroatoms. The average Bonchev–Trinajstić information content (AvgIpc) is 4.10. The van der Waals surface area contributed by atoms with Gasteiger partial charge in [0.15, 0.2) is 33.1 Å². The molecule has 0 aliphatic heterocycles. The Morgan fingerprint density at radius 3 is 2.36 bits per heavy atom. The van der Waals surface area contributed by atoms with Crippen molar-refractivity contribution in [3.05, 3.63) is 143 Å². The number of carbonyl (C=O) groups is 1. The third kappa shape index (κ3) is 12.0. The summed E-state index contributed by atoms with van der Waals surface area (Å²) in [6.45, 7) is 15.9. The summed E-state index contributed by atoms with van der Waals surface area (Å²) in [6.07, 6.45) is 5.49. The number of nitrogens with zero attached hydrogens (tertiary/aromatic N) is 6. The molecule has 15 nitrogen and oxygen atoms in total. The minimum atomic E-state index is -4.15. The molecule has 0 fully saturated rings. The topological polar surface area (TPSA) is 187 Å². The third-order valence-electron chi connectivity index (χ3n) is 13.3. The molecule has 0 aliphatic rings. The zero-order valence-corrected chi connectivity index (χ0v) is 45.4. The summed E-state index contributed by atoms with van der Waals surface area (Å²) >= 11 is 0. The molecule has 0 radical (unpaired) electrons. The second-order valence-corrected chi connectivity index (χ2v) is 30.3. The van der Waals surface area contributed by atoms with Crippen molar-refractivity contribution in [2.24, 2.45) is 7.05 Å². The van der Waals surface area contributed by atoms with Crippen LogP contribution in [-0.2, 0) is 71.1 Å². The van der Waals surface area contributed by atoms with Gasteiger partial charge in [-0.05, 0) is 107 Å². The van der Waals surface area contributed by atoms with Crippen LogP contribution in [0.4, 0.5) is 8.78 Å². The van der Waals surface area contributed by atoms with Gasteiger partial charge in [-0.15, -0.1) is 0 Å². The van der Waals surface area contributed by atoms with E-state index in [0.717, 1.165) is 38.8 Å². The lowest BCUT2D eigenvalue weighted by Crippen LogP contribution is -2.33. The molecule has 0 bridgehead atoms. The zero-order chi connectivity index (χ0) is 53.1. The van der Waals surface area contributed by atoms with Gasteiger partial charge in [-0.25, -0.2) is 43.9 Å². The van der Waals surface area contributed by atoms with Gasteiger partial charge in [0.1, 0.15) is 18.3 Å². The smallest absolute Gasteiger partial charge is 0.306 e. The van der Waals surface area contributed by atoms with Gasteiger partial charge in [-0.3, -0.25) is 4.79 Å². The van der Waals surface area contributed by atoms with E-state index in [1.807, 2.05) is 38.1 Å². The number of rotatable bonds is 23. The molecule has 0 aliphatic carbocycles. The van der Waals surface area contributed by atoms with Crippen molar-refractivity contribution < 1.29 is 49.7 Å². The molecule has 73 heavy (non-hydrogen) atoms. The van der Waals surface area contributed by atoms with E-state index >= 15 is 8.78 Å². The molecule has 0 amide bonds. The van der Waals surface area contributed by atoms with Crippen molar-refractivity contribution in [1.29, 1.82) is 0 Å². The fourth-order valence-corrected chi connectivity index (χ4v) is 12.1. The molecule has 7 aromatic rings. The van der Waals surface area contributed by atoms with E-state index in [4.69, 9.17) is 24.3 Å².